The van der Waals surface area contributed by atoms with E-state index in [-0.39, 0.29) is 28.5 Å². The van der Waals surface area contributed by atoms with Crippen LogP contribution in [0.25, 0.3) is 0 Å². The number of nitrogens with zero attached hydrogens (tertiary/aromatic N) is 2. The van der Waals surface area contributed by atoms with Crippen LogP contribution in [-0.4, -0.2) is 17.1 Å². The number of aromatic nitrogens is 2. The summed E-state index contributed by atoms with van der Waals surface area (Å²) in [4.78, 5) is 18.6. The molecular formula is C15H12N4O3. The van der Waals surface area contributed by atoms with Gasteiger partial charge in [0.15, 0.2) is 0 Å². The van der Waals surface area contributed by atoms with E-state index < -0.39 is 5.92 Å². The van der Waals surface area contributed by atoms with Gasteiger partial charge in [0, 0.05) is 0 Å². The van der Waals surface area contributed by atoms with Gasteiger partial charge in [-0.1, -0.05) is 12.1 Å². The van der Waals surface area contributed by atoms with Gasteiger partial charge in [-0.15, -0.1) is 0 Å². The highest BCUT2D eigenvalue weighted by Crippen LogP contribution is 2.38. The van der Waals surface area contributed by atoms with Gasteiger partial charge >= 0.3 is 0 Å². The van der Waals surface area contributed by atoms with E-state index in [1.165, 1.54) is 6.33 Å². The second-order valence-corrected chi connectivity index (χ2v) is 4.65. The summed E-state index contributed by atoms with van der Waals surface area (Å²) in [6, 6.07) is 9.06. The zero-order valence-corrected chi connectivity index (χ0v) is 11.7. The Morgan fingerprint density at radius 1 is 1.41 bits per heavy atom. The third-order valence-electron chi connectivity index (χ3n) is 3.47. The molecule has 7 nitrogen and oxygen atoms in total. The lowest BCUT2D eigenvalue weighted by Crippen LogP contribution is -2.28. The molecule has 0 saturated heterocycles. The molecule has 1 aromatic carbocycles. The minimum atomic E-state index is -0.628. The van der Waals surface area contributed by atoms with Gasteiger partial charge in [-0.2, -0.15) is 5.26 Å². The number of nitriles is 1. The number of nitrogens with one attached hydrogen (secondary N) is 1. The summed E-state index contributed by atoms with van der Waals surface area (Å²) in [5.74, 6) is 0.110. The van der Waals surface area contributed by atoms with Gasteiger partial charge in [0.1, 0.15) is 17.4 Å². The van der Waals surface area contributed by atoms with Crippen LogP contribution in [-0.2, 0) is 0 Å². The maximum absolute atomic E-state index is 12.2. The average molecular weight is 296 g/mol. The molecule has 1 unspecified atom stereocenters. The molecule has 1 atom stereocenters. The lowest BCUT2D eigenvalue weighted by Gasteiger charge is -2.24. The Labute approximate surface area is 125 Å². The number of ether oxygens (including phenoxy) is 2. The molecule has 0 fully saturated rings. The third kappa shape index (κ3) is 2.07. The van der Waals surface area contributed by atoms with Crippen LogP contribution in [0.5, 0.6) is 11.6 Å². The van der Waals surface area contributed by atoms with Crippen molar-refractivity contribution in [1.29, 1.82) is 5.26 Å². The number of hydrogen-bond donors (Lipinski definition) is 2. The number of fused-ring (bicyclic) bond motifs is 1. The molecule has 1 aromatic heterocycles. The second kappa shape index (κ2) is 5.26. The van der Waals surface area contributed by atoms with Gasteiger partial charge in [0.05, 0.1) is 24.9 Å². The van der Waals surface area contributed by atoms with Gasteiger partial charge in [0.25, 0.3) is 5.56 Å². The summed E-state index contributed by atoms with van der Waals surface area (Å²) in [7, 11) is 1.56. The summed E-state index contributed by atoms with van der Waals surface area (Å²) in [6.07, 6.45) is 1.23. The quantitative estimate of drug-likeness (QED) is 0.854. The van der Waals surface area contributed by atoms with E-state index in [1.807, 2.05) is 6.07 Å². The second-order valence-electron chi connectivity index (χ2n) is 4.65. The monoisotopic (exact) mass is 296 g/mol. The molecule has 2 aromatic rings. The zero-order chi connectivity index (χ0) is 15.7. The number of rotatable bonds is 2. The van der Waals surface area contributed by atoms with Crippen molar-refractivity contribution in [2.24, 2.45) is 5.73 Å². The van der Waals surface area contributed by atoms with E-state index in [2.05, 4.69) is 9.97 Å². The fraction of sp³-hybridized carbons (Fsp3) is 0.133. The largest absolute Gasteiger partial charge is 0.497 e. The highest BCUT2D eigenvalue weighted by atomic mass is 16.5. The van der Waals surface area contributed by atoms with Crippen molar-refractivity contribution in [3.8, 4) is 17.7 Å². The van der Waals surface area contributed by atoms with Gasteiger partial charge in [-0.05, 0) is 17.7 Å². The number of hydrogen-bond acceptors (Lipinski definition) is 6. The van der Waals surface area contributed by atoms with Crippen LogP contribution in [0.2, 0.25) is 0 Å². The topological polar surface area (TPSA) is 114 Å². The number of allylic oxidation sites excluding steroid dienone is 1. The van der Waals surface area contributed by atoms with E-state index in [1.54, 1.807) is 31.4 Å². The number of H-pyrrole nitrogens is 1. The van der Waals surface area contributed by atoms with Crippen LogP contribution in [0.15, 0.2) is 46.8 Å². The highest BCUT2D eigenvalue weighted by Gasteiger charge is 2.33. The molecule has 1 aliphatic rings. The summed E-state index contributed by atoms with van der Waals surface area (Å²) in [5, 5.41) is 9.39. The molecule has 0 aliphatic carbocycles. The van der Waals surface area contributed by atoms with Crippen molar-refractivity contribution in [3.63, 3.8) is 0 Å². The summed E-state index contributed by atoms with van der Waals surface area (Å²) >= 11 is 0. The smallest absolute Gasteiger partial charge is 0.258 e. The van der Waals surface area contributed by atoms with Crippen molar-refractivity contribution >= 4 is 0 Å². The van der Waals surface area contributed by atoms with Crippen molar-refractivity contribution in [3.05, 3.63) is 63.5 Å². The molecular weight excluding hydrogens is 284 g/mol. The predicted octanol–water partition coefficient (Wildman–Crippen LogP) is 0.997. The molecule has 22 heavy (non-hydrogen) atoms. The first-order chi connectivity index (χ1) is 10.7. The van der Waals surface area contributed by atoms with Crippen LogP contribution in [0.4, 0.5) is 0 Å². The van der Waals surface area contributed by atoms with Crippen molar-refractivity contribution in [1.82, 2.24) is 9.97 Å². The summed E-state index contributed by atoms with van der Waals surface area (Å²) in [5.41, 5.74) is 6.59. The molecule has 7 heteroatoms. The van der Waals surface area contributed by atoms with Crippen LogP contribution >= 0.6 is 0 Å². The maximum Gasteiger partial charge on any atom is 0.258 e. The Morgan fingerprint density at radius 3 is 2.77 bits per heavy atom. The SMILES string of the molecule is COc1ccc(C2C(C#N)=C(N)Oc3nc[nH]c(=O)c32)cc1. The molecule has 0 spiro atoms. The first-order valence-electron chi connectivity index (χ1n) is 6.44. The van der Waals surface area contributed by atoms with Crippen LogP contribution < -0.4 is 20.8 Å². The van der Waals surface area contributed by atoms with E-state index in [0.29, 0.717) is 5.75 Å². The first kappa shape index (κ1) is 13.7. The molecule has 0 radical (unpaired) electrons. The molecule has 0 amide bonds. The number of aromatic amines is 1. The normalized spacial score (nSPS) is 16.5. The lowest BCUT2D eigenvalue weighted by molar-refractivity contribution is 0.375. The van der Waals surface area contributed by atoms with Crippen LogP contribution in [0.3, 0.4) is 0 Å². The van der Waals surface area contributed by atoms with Gasteiger partial charge in [-0.25, -0.2) is 4.98 Å². The summed E-state index contributed by atoms with van der Waals surface area (Å²) < 4.78 is 10.4. The Kier molecular flexibility index (Phi) is 3.27. The number of nitrogens with two attached hydrogens (primary N) is 1. The minimum absolute atomic E-state index is 0.0473. The minimum Gasteiger partial charge on any atom is -0.497 e. The van der Waals surface area contributed by atoms with E-state index in [0.717, 1.165) is 5.56 Å². The third-order valence-corrected chi connectivity index (χ3v) is 3.47. The molecule has 2 heterocycles. The van der Waals surface area contributed by atoms with Crippen LogP contribution in [0, 0.1) is 11.3 Å². The first-order valence-corrected chi connectivity index (χ1v) is 6.44. The predicted molar refractivity (Wildman–Crippen MR) is 77.1 cm³/mol. The highest BCUT2D eigenvalue weighted by molar-refractivity contribution is 5.53. The average Bonchev–Trinajstić information content (AvgIpc) is 2.54. The number of methoxy groups -OCH3 is 1. The molecule has 3 N–H and O–H groups in total. The van der Waals surface area contributed by atoms with E-state index >= 15 is 0 Å². The molecule has 3 rings (SSSR count). The van der Waals surface area contributed by atoms with Gasteiger partial charge < -0.3 is 20.2 Å². The Bertz CT molecular complexity index is 846. The van der Waals surface area contributed by atoms with Crippen molar-refractivity contribution in [2.45, 2.75) is 5.92 Å². The molecule has 0 saturated carbocycles. The van der Waals surface area contributed by atoms with Gasteiger partial charge in [-0.3, -0.25) is 4.79 Å². The molecule has 110 valence electrons. The fourth-order valence-corrected chi connectivity index (χ4v) is 2.42. The molecule has 0 bridgehead atoms. The van der Waals surface area contributed by atoms with Crippen LogP contribution in [0.1, 0.15) is 17.0 Å². The fourth-order valence-electron chi connectivity index (χ4n) is 2.42. The molecule has 1 aliphatic heterocycles. The summed E-state index contributed by atoms with van der Waals surface area (Å²) in [6.45, 7) is 0. The number of benzene rings is 1. The van der Waals surface area contributed by atoms with E-state index in [4.69, 9.17) is 15.2 Å². The standard InChI is InChI=1S/C15H12N4O3/c1-21-9-4-2-8(3-5-9)11-10(6-16)13(17)22-15-12(11)14(20)18-7-19-15/h2-5,7,11H,17H2,1H3,(H,18,19,20). The van der Waals surface area contributed by atoms with Gasteiger partial charge in [0.2, 0.25) is 11.8 Å². The maximum atomic E-state index is 12.2. The Balaban J connectivity index is 2.23. The van der Waals surface area contributed by atoms with Crippen molar-refractivity contribution < 1.29 is 9.47 Å². The lowest BCUT2D eigenvalue weighted by atomic mass is 9.85. The Morgan fingerprint density at radius 2 is 2.14 bits per heavy atom. The Hall–Kier alpha value is -3.27. The van der Waals surface area contributed by atoms with Crippen molar-refractivity contribution in [2.75, 3.05) is 7.11 Å². The zero-order valence-electron chi connectivity index (χ0n) is 11.7. The van der Waals surface area contributed by atoms with E-state index in [9.17, 15) is 10.1 Å².